The standard InChI is InChI=1S/C9H7N2O/c12-9-4-2-8(3-5-9)11-7-1-6-10-11/h1-5,7,12H. The average molecular weight is 159 g/mol. The number of phenols is 1. The fourth-order valence-electron chi connectivity index (χ4n) is 0.982. The third-order valence-corrected chi connectivity index (χ3v) is 1.57. The number of nitrogens with zero attached hydrogens (tertiary/aromatic N) is 2. The maximum atomic E-state index is 9.02. The summed E-state index contributed by atoms with van der Waals surface area (Å²) in [5.41, 5.74) is 0.911. The van der Waals surface area contributed by atoms with Gasteiger partial charge in [0, 0.05) is 6.20 Å². The summed E-state index contributed by atoms with van der Waals surface area (Å²) in [6.07, 6.45) is 4.49. The SMILES string of the molecule is Oc1ccc(-n2cc[c]n2)cc1. The fourth-order valence-corrected chi connectivity index (χ4v) is 0.982. The molecule has 3 heteroatoms. The number of aromatic hydroxyl groups is 1. The molecule has 0 spiro atoms. The molecular weight excluding hydrogens is 152 g/mol. The van der Waals surface area contributed by atoms with Crippen molar-refractivity contribution in [3.05, 3.63) is 42.7 Å². The molecule has 59 valence electrons. The topological polar surface area (TPSA) is 38.0 Å². The van der Waals surface area contributed by atoms with E-state index in [1.54, 1.807) is 41.2 Å². The number of rotatable bonds is 1. The molecule has 1 aromatic carbocycles. The van der Waals surface area contributed by atoms with Gasteiger partial charge in [0.25, 0.3) is 0 Å². The van der Waals surface area contributed by atoms with E-state index in [0.29, 0.717) is 0 Å². The van der Waals surface area contributed by atoms with Gasteiger partial charge >= 0.3 is 0 Å². The molecule has 0 fully saturated rings. The van der Waals surface area contributed by atoms with Gasteiger partial charge in [0.1, 0.15) is 11.9 Å². The summed E-state index contributed by atoms with van der Waals surface area (Å²) in [6.45, 7) is 0. The Morgan fingerprint density at radius 2 is 2.00 bits per heavy atom. The predicted molar refractivity (Wildman–Crippen MR) is 44.1 cm³/mol. The van der Waals surface area contributed by atoms with Crippen LogP contribution in [0.5, 0.6) is 5.75 Å². The van der Waals surface area contributed by atoms with E-state index in [1.807, 2.05) is 0 Å². The van der Waals surface area contributed by atoms with Crippen LogP contribution in [0, 0.1) is 6.20 Å². The summed E-state index contributed by atoms with van der Waals surface area (Å²) < 4.78 is 1.68. The summed E-state index contributed by atoms with van der Waals surface area (Å²) in [7, 11) is 0. The second kappa shape index (κ2) is 2.70. The Morgan fingerprint density at radius 1 is 1.25 bits per heavy atom. The Bertz CT molecular complexity index is 351. The molecule has 1 aromatic heterocycles. The van der Waals surface area contributed by atoms with Gasteiger partial charge < -0.3 is 5.11 Å². The van der Waals surface area contributed by atoms with E-state index in [4.69, 9.17) is 5.11 Å². The Balaban J connectivity index is 2.43. The van der Waals surface area contributed by atoms with Gasteiger partial charge in [-0.3, -0.25) is 0 Å². The maximum Gasteiger partial charge on any atom is 0.115 e. The van der Waals surface area contributed by atoms with Crippen molar-refractivity contribution in [1.82, 2.24) is 9.78 Å². The molecule has 0 amide bonds. The molecule has 1 N–H and O–H groups in total. The first-order valence-corrected chi connectivity index (χ1v) is 3.57. The molecule has 0 saturated carbocycles. The van der Waals surface area contributed by atoms with Crippen molar-refractivity contribution in [2.75, 3.05) is 0 Å². The molecule has 0 aliphatic rings. The fraction of sp³-hybridized carbons (Fsp3) is 0. The number of hydrogen-bond donors (Lipinski definition) is 1. The molecule has 2 aromatic rings. The smallest absolute Gasteiger partial charge is 0.115 e. The van der Waals surface area contributed by atoms with Gasteiger partial charge in [-0.05, 0) is 30.3 Å². The van der Waals surface area contributed by atoms with Crippen LogP contribution in [-0.2, 0) is 0 Å². The second-order valence-corrected chi connectivity index (χ2v) is 2.41. The van der Waals surface area contributed by atoms with Crippen LogP contribution in [-0.4, -0.2) is 14.9 Å². The van der Waals surface area contributed by atoms with Crippen LogP contribution in [0.3, 0.4) is 0 Å². The first-order valence-electron chi connectivity index (χ1n) is 3.57. The summed E-state index contributed by atoms with van der Waals surface area (Å²) in [4.78, 5) is 0. The van der Waals surface area contributed by atoms with Crippen molar-refractivity contribution in [3.8, 4) is 11.4 Å². The third-order valence-electron chi connectivity index (χ3n) is 1.57. The molecule has 0 aliphatic carbocycles. The highest BCUT2D eigenvalue weighted by Crippen LogP contribution is 2.11. The van der Waals surface area contributed by atoms with Crippen LogP contribution in [0.15, 0.2) is 36.5 Å². The third kappa shape index (κ3) is 1.16. The molecule has 0 saturated heterocycles. The van der Waals surface area contributed by atoms with Crippen molar-refractivity contribution in [3.63, 3.8) is 0 Å². The molecule has 0 atom stereocenters. The number of phenolic OH excluding ortho intramolecular Hbond substituents is 1. The lowest BCUT2D eigenvalue weighted by Crippen LogP contribution is -1.92. The average Bonchev–Trinajstić information content (AvgIpc) is 2.58. The molecule has 0 aliphatic heterocycles. The van der Waals surface area contributed by atoms with Crippen LogP contribution in [0.25, 0.3) is 5.69 Å². The number of hydrogen-bond acceptors (Lipinski definition) is 2. The molecule has 0 bridgehead atoms. The highest BCUT2D eigenvalue weighted by molar-refractivity contribution is 5.35. The molecule has 12 heavy (non-hydrogen) atoms. The molecular formula is C9H7N2O. The zero-order valence-corrected chi connectivity index (χ0v) is 6.31. The second-order valence-electron chi connectivity index (χ2n) is 2.41. The minimum Gasteiger partial charge on any atom is -0.508 e. The van der Waals surface area contributed by atoms with E-state index in [-0.39, 0.29) is 5.75 Å². The lowest BCUT2D eigenvalue weighted by molar-refractivity contribution is 0.475. The molecule has 3 nitrogen and oxygen atoms in total. The Labute approximate surface area is 69.9 Å². The van der Waals surface area contributed by atoms with Gasteiger partial charge in [0.2, 0.25) is 0 Å². The minimum absolute atomic E-state index is 0.259. The Kier molecular flexibility index (Phi) is 1.55. The maximum absolute atomic E-state index is 9.02. The van der Waals surface area contributed by atoms with E-state index in [0.717, 1.165) is 5.69 Å². The quantitative estimate of drug-likeness (QED) is 0.682. The summed E-state index contributed by atoms with van der Waals surface area (Å²) in [5, 5.41) is 12.9. The van der Waals surface area contributed by atoms with Crippen LogP contribution >= 0.6 is 0 Å². The van der Waals surface area contributed by atoms with Crippen LogP contribution < -0.4 is 0 Å². The van der Waals surface area contributed by atoms with Crippen molar-refractivity contribution >= 4 is 0 Å². The Hall–Kier alpha value is -1.77. The first-order chi connectivity index (χ1) is 5.86. The van der Waals surface area contributed by atoms with Gasteiger partial charge in [-0.2, -0.15) is 5.10 Å². The molecule has 2 rings (SSSR count). The summed E-state index contributed by atoms with van der Waals surface area (Å²) in [6, 6.07) is 8.55. The van der Waals surface area contributed by atoms with Gasteiger partial charge in [-0.15, -0.1) is 0 Å². The first kappa shape index (κ1) is 6.91. The van der Waals surface area contributed by atoms with Crippen LogP contribution in [0.4, 0.5) is 0 Å². The lowest BCUT2D eigenvalue weighted by atomic mass is 10.3. The van der Waals surface area contributed by atoms with E-state index in [2.05, 4.69) is 11.3 Å². The van der Waals surface area contributed by atoms with Gasteiger partial charge in [0.05, 0.1) is 5.69 Å². The van der Waals surface area contributed by atoms with E-state index in [1.165, 1.54) is 0 Å². The van der Waals surface area contributed by atoms with Crippen molar-refractivity contribution in [2.45, 2.75) is 0 Å². The summed E-state index contributed by atoms with van der Waals surface area (Å²) in [5.74, 6) is 0.259. The highest BCUT2D eigenvalue weighted by atomic mass is 16.3. The van der Waals surface area contributed by atoms with Crippen LogP contribution in [0.1, 0.15) is 0 Å². The Morgan fingerprint density at radius 3 is 2.58 bits per heavy atom. The minimum atomic E-state index is 0.259. The van der Waals surface area contributed by atoms with Crippen molar-refractivity contribution in [2.24, 2.45) is 0 Å². The van der Waals surface area contributed by atoms with Crippen molar-refractivity contribution < 1.29 is 5.11 Å². The zero-order valence-electron chi connectivity index (χ0n) is 6.31. The number of aromatic nitrogens is 2. The largest absolute Gasteiger partial charge is 0.508 e. The molecule has 1 heterocycles. The zero-order chi connectivity index (χ0) is 8.39. The van der Waals surface area contributed by atoms with Gasteiger partial charge in [-0.25, -0.2) is 4.68 Å². The van der Waals surface area contributed by atoms with E-state index < -0.39 is 0 Å². The normalized spacial score (nSPS) is 10.0. The molecule has 0 unspecified atom stereocenters. The van der Waals surface area contributed by atoms with Gasteiger partial charge in [-0.1, -0.05) is 0 Å². The highest BCUT2D eigenvalue weighted by Gasteiger charge is 1.94. The monoisotopic (exact) mass is 159 g/mol. The predicted octanol–water partition coefficient (Wildman–Crippen LogP) is 1.38. The van der Waals surface area contributed by atoms with Crippen molar-refractivity contribution in [1.29, 1.82) is 0 Å². The van der Waals surface area contributed by atoms with E-state index in [9.17, 15) is 0 Å². The lowest BCUT2D eigenvalue weighted by Gasteiger charge is -1.99. The summed E-state index contributed by atoms with van der Waals surface area (Å²) >= 11 is 0. The van der Waals surface area contributed by atoms with Crippen LogP contribution in [0.2, 0.25) is 0 Å². The molecule has 1 radical (unpaired) electrons. The number of benzene rings is 1. The van der Waals surface area contributed by atoms with Gasteiger partial charge in [0.15, 0.2) is 0 Å². The van der Waals surface area contributed by atoms with E-state index >= 15 is 0 Å².